The maximum atomic E-state index is 12.2. The van der Waals surface area contributed by atoms with E-state index in [2.05, 4.69) is 54.6 Å². The molecule has 0 atom stereocenters. The Kier molecular flexibility index (Phi) is 8.49. The second kappa shape index (κ2) is 10.6. The predicted octanol–water partition coefficient (Wildman–Crippen LogP) is 4.13. The third kappa shape index (κ3) is 7.10. The van der Waals surface area contributed by atoms with Gasteiger partial charge >= 0.3 is 0 Å². The Hall–Kier alpha value is -1.68. The van der Waals surface area contributed by atoms with Gasteiger partial charge in [0, 0.05) is 24.4 Å². The smallest absolute Gasteiger partial charge is 0.220 e. The van der Waals surface area contributed by atoms with Gasteiger partial charge in [0.05, 0.1) is 0 Å². The number of nitrogens with zero attached hydrogens (tertiary/aromatic N) is 1. The Morgan fingerprint density at radius 3 is 2.26 bits per heavy atom. The van der Waals surface area contributed by atoms with Crippen LogP contribution in [0, 0.1) is 0 Å². The molecule has 27 heavy (non-hydrogen) atoms. The SMILES string of the molecule is CC(=O)CCCCCC(=O)NC1CCC(Cc2ccccc2)(N(C)C)CC1. The zero-order valence-corrected chi connectivity index (χ0v) is 17.3. The summed E-state index contributed by atoms with van der Waals surface area (Å²) in [4.78, 5) is 25.5. The Balaban J connectivity index is 1.75. The number of likely N-dealkylation sites (N-methyl/N-ethyl adjacent to an activating group) is 1. The molecule has 1 fully saturated rings. The number of hydrogen-bond acceptors (Lipinski definition) is 3. The van der Waals surface area contributed by atoms with Crippen molar-refractivity contribution in [3.63, 3.8) is 0 Å². The zero-order chi connectivity index (χ0) is 19.7. The summed E-state index contributed by atoms with van der Waals surface area (Å²) in [5.74, 6) is 0.407. The highest BCUT2D eigenvalue weighted by Crippen LogP contribution is 2.35. The molecule has 1 aliphatic rings. The van der Waals surface area contributed by atoms with Gasteiger partial charge in [-0.1, -0.05) is 36.8 Å². The molecule has 4 heteroatoms. The van der Waals surface area contributed by atoms with Crippen molar-refractivity contribution in [1.29, 1.82) is 0 Å². The molecule has 1 N–H and O–H groups in total. The summed E-state index contributed by atoms with van der Waals surface area (Å²) >= 11 is 0. The predicted molar refractivity (Wildman–Crippen MR) is 111 cm³/mol. The number of amides is 1. The van der Waals surface area contributed by atoms with Crippen LogP contribution in [0.15, 0.2) is 30.3 Å². The zero-order valence-electron chi connectivity index (χ0n) is 17.3. The van der Waals surface area contributed by atoms with E-state index in [1.807, 2.05) is 0 Å². The standard InChI is InChI=1S/C23H36N2O2/c1-19(26)10-6-4-9-13-22(27)24-21-14-16-23(17-15-21,25(2)3)18-20-11-7-5-8-12-20/h5,7-8,11-12,21H,4,6,9-10,13-18H2,1-3H3,(H,24,27). The van der Waals surface area contributed by atoms with E-state index in [1.165, 1.54) is 5.56 Å². The first-order chi connectivity index (χ1) is 12.9. The summed E-state index contributed by atoms with van der Waals surface area (Å²) in [6, 6.07) is 11.0. The first-order valence-electron chi connectivity index (χ1n) is 10.4. The highest BCUT2D eigenvalue weighted by Gasteiger charge is 2.37. The topological polar surface area (TPSA) is 49.4 Å². The second-order valence-electron chi connectivity index (χ2n) is 8.39. The third-order valence-electron chi connectivity index (χ3n) is 6.04. The molecule has 0 aliphatic heterocycles. The van der Waals surface area contributed by atoms with E-state index in [9.17, 15) is 9.59 Å². The molecule has 0 spiro atoms. The number of rotatable bonds is 10. The molecule has 4 nitrogen and oxygen atoms in total. The average Bonchev–Trinajstić information content (AvgIpc) is 2.63. The lowest BCUT2D eigenvalue weighted by molar-refractivity contribution is -0.122. The van der Waals surface area contributed by atoms with Gasteiger partial charge in [0.25, 0.3) is 0 Å². The van der Waals surface area contributed by atoms with Crippen LogP contribution >= 0.6 is 0 Å². The van der Waals surface area contributed by atoms with Crippen molar-refractivity contribution < 1.29 is 9.59 Å². The van der Waals surface area contributed by atoms with Crippen LogP contribution in [0.4, 0.5) is 0 Å². The molecule has 0 aromatic heterocycles. The molecule has 1 aromatic rings. The molecule has 0 heterocycles. The van der Waals surface area contributed by atoms with Crippen LogP contribution < -0.4 is 5.32 Å². The van der Waals surface area contributed by atoms with Crippen LogP contribution in [0.5, 0.6) is 0 Å². The quantitative estimate of drug-likeness (QED) is 0.628. The fourth-order valence-electron chi connectivity index (χ4n) is 4.19. The van der Waals surface area contributed by atoms with E-state index in [0.29, 0.717) is 18.9 Å². The van der Waals surface area contributed by atoms with Crippen molar-refractivity contribution in [2.75, 3.05) is 14.1 Å². The van der Waals surface area contributed by atoms with Crippen molar-refractivity contribution in [2.24, 2.45) is 0 Å². The number of nitrogens with one attached hydrogen (secondary N) is 1. The van der Waals surface area contributed by atoms with Crippen LogP contribution in [0.25, 0.3) is 0 Å². The minimum Gasteiger partial charge on any atom is -0.353 e. The van der Waals surface area contributed by atoms with Crippen LogP contribution in [0.1, 0.15) is 70.3 Å². The minimum absolute atomic E-state index is 0.170. The van der Waals surface area contributed by atoms with Gasteiger partial charge in [0.1, 0.15) is 5.78 Å². The summed E-state index contributed by atoms with van der Waals surface area (Å²) in [5, 5.41) is 3.23. The van der Waals surface area contributed by atoms with Crippen LogP contribution in [-0.4, -0.2) is 42.3 Å². The molecule has 1 amide bonds. The molecule has 0 saturated heterocycles. The molecule has 0 bridgehead atoms. The number of ketones is 1. The molecule has 1 saturated carbocycles. The molecule has 1 aliphatic carbocycles. The number of Topliss-reactive ketones (excluding diaryl/α,β-unsaturated/α-hetero) is 1. The Morgan fingerprint density at radius 2 is 1.67 bits per heavy atom. The summed E-state index contributed by atoms with van der Waals surface area (Å²) in [6.45, 7) is 1.63. The van der Waals surface area contributed by atoms with Gasteiger partial charge in [0.15, 0.2) is 0 Å². The first-order valence-corrected chi connectivity index (χ1v) is 10.4. The minimum atomic E-state index is 0.170. The number of unbranched alkanes of at least 4 members (excludes halogenated alkanes) is 2. The fraction of sp³-hybridized carbons (Fsp3) is 0.652. The highest BCUT2D eigenvalue weighted by atomic mass is 16.1. The Labute approximate surface area is 164 Å². The Morgan fingerprint density at radius 1 is 1.04 bits per heavy atom. The number of carbonyl (C=O) groups excluding carboxylic acids is 2. The maximum Gasteiger partial charge on any atom is 0.220 e. The maximum absolute atomic E-state index is 12.2. The molecule has 0 unspecified atom stereocenters. The van der Waals surface area contributed by atoms with E-state index in [-0.39, 0.29) is 17.2 Å². The number of benzene rings is 1. The summed E-state index contributed by atoms with van der Waals surface area (Å²) < 4.78 is 0. The molecule has 150 valence electrons. The molecule has 2 rings (SSSR count). The van der Waals surface area contributed by atoms with Gasteiger partial charge in [-0.3, -0.25) is 4.79 Å². The van der Waals surface area contributed by atoms with Crippen LogP contribution in [-0.2, 0) is 16.0 Å². The fourth-order valence-corrected chi connectivity index (χ4v) is 4.19. The van der Waals surface area contributed by atoms with Crippen LogP contribution in [0.3, 0.4) is 0 Å². The van der Waals surface area contributed by atoms with Gasteiger partial charge in [-0.25, -0.2) is 0 Å². The molecular weight excluding hydrogens is 336 g/mol. The van der Waals surface area contributed by atoms with Gasteiger partial charge in [-0.15, -0.1) is 0 Å². The normalized spacial score (nSPS) is 22.6. The summed E-state index contributed by atoms with van der Waals surface area (Å²) in [6.07, 6.45) is 9.32. The number of carbonyl (C=O) groups is 2. The first kappa shape index (κ1) is 21.6. The van der Waals surface area contributed by atoms with Crippen molar-refractivity contribution in [3.05, 3.63) is 35.9 Å². The number of hydrogen-bond donors (Lipinski definition) is 1. The van der Waals surface area contributed by atoms with Gasteiger partial charge in [-0.05, 0) is 71.5 Å². The monoisotopic (exact) mass is 372 g/mol. The Bertz CT molecular complexity index is 590. The summed E-state index contributed by atoms with van der Waals surface area (Å²) in [7, 11) is 4.37. The lowest BCUT2D eigenvalue weighted by atomic mass is 9.75. The van der Waals surface area contributed by atoms with E-state index in [0.717, 1.165) is 51.4 Å². The van der Waals surface area contributed by atoms with Crippen molar-refractivity contribution in [3.8, 4) is 0 Å². The van der Waals surface area contributed by atoms with Crippen molar-refractivity contribution in [2.45, 2.75) is 82.7 Å². The van der Waals surface area contributed by atoms with Crippen molar-refractivity contribution >= 4 is 11.7 Å². The van der Waals surface area contributed by atoms with E-state index < -0.39 is 0 Å². The summed E-state index contributed by atoms with van der Waals surface area (Å²) in [5.41, 5.74) is 1.58. The van der Waals surface area contributed by atoms with Gasteiger partial charge in [0.2, 0.25) is 5.91 Å². The van der Waals surface area contributed by atoms with Crippen molar-refractivity contribution in [1.82, 2.24) is 10.2 Å². The van der Waals surface area contributed by atoms with E-state index >= 15 is 0 Å². The second-order valence-corrected chi connectivity index (χ2v) is 8.39. The highest BCUT2D eigenvalue weighted by molar-refractivity contribution is 5.76. The van der Waals surface area contributed by atoms with Gasteiger partial charge in [-0.2, -0.15) is 0 Å². The van der Waals surface area contributed by atoms with E-state index in [4.69, 9.17) is 0 Å². The van der Waals surface area contributed by atoms with E-state index in [1.54, 1.807) is 6.92 Å². The molecule has 1 aromatic carbocycles. The molecule has 0 radical (unpaired) electrons. The molecular formula is C23H36N2O2. The van der Waals surface area contributed by atoms with Gasteiger partial charge < -0.3 is 15.0 Å². The lowest BCUT2D eigenvalue weighted by Gasteiger charge is -2.45. The van der Waals surface area contributed by atoms with Crippen LogP contribution in [0.2, 0.25) is 0 Å². The lowest BCUT2D eigenvalue weighted by Crippen LogP contribution is -2.52. The average molecular weight is 373 g/mol. The largest absolute Gasteiger partial charge is 0.353 e. The third-order valence-corrected chi connectivity index (χ3v) is 6.04.